The summed E-state index contributed by atoms with van der Waals surface area (Å²) in [6.07, 6.45) is 0. The maximum Gasteiger partial charge on any atom is 0.239 e. The summed E-state index contributed by atoms with van der Waals surface area (Å²) < 4.78 is 1.48. The fourth-order valence-corrected chi connectivity index (χ4v) is 2.65. The molecule has 2 aromatic rings. The van der Waals surface area contributed by atoms with Gasteiger partial charge in [0.25, 0.3) is 0 Å². The van der Waals surface area contributed by atoms with Gasteiger partial charge in [0.2, 0.25) is 5.91 Å². The van der Waals surface area contributed by atoms with E-state index in [4.69, 9.17) is 11.6 Å². The minimum absolute atomic E-state index is 0.198. The van der Waals surface area contributed by atoms with Gasteiger partial charge in [-0.1, -0.05) is 11.6 Å². The topological polar surface area (TPSA) is 76.9 Å². The number of aryl methyl sites for hydroxylation is 1. The first kappa shape index (κ1) is 14.7. The zero-order valence-corrected chi connectivity index (χ0v) is 13.2. The summed E-state index contributed by atoms with van der Waals surface area (Å²) in [6, 6.07) is 7.07. The largest absolute Gasteiger partial charge is 0.343 e. The molecule has 1 N–H and O–H groups in total. The van der Waals surface area contributed by atoms with E-state index in [9.17, 15) is 9.59 Å². The molecular weight excluding hydrogens is 304 g/mol. The number of carbonyl (C=O) groups is 2. The van der Waals surface area contributed by atoms with Gasteiger partial charge in [-0.3, -0.25) is 14.3 Å². The van der Waals surface area contributed by atoms with E-state index in [2.05, 4.69) is 15.4 Å². The van der Waals surface area contributed by atoms with Gasteiger partial charge in [0.15, 0.2) is 17.5 Å². The molecule has 0 spiro atoms. The molecule has 1 saturated heterocycles. The highest BCUT2D eigenvalue weighted by Crippen LogP contribution is 2.29. The SMILES string of the molecule is Cn1nc(-c2ccc(Cl)cc2)nc1C1C(=O)NC(C)(C)C1=O. The summed E-state index contributed by atoms with van der Waals surface area (Å²) in [5.41, 5.74) is -0.106. The van der Waals surface area contributed by atoms with E-state index < -0.39 is 11.5 Å². The van der Waals surface area contributed by atoms with Crippen LogP contribution in [0.3, 0.4) is 0 Å². The fraction of sp³-hybridized carbons (Fsp3) is 0.333. The molecule has 1 unspecified atom stereocenters. The zero-order chi connectivity index (χ0) is 16.1. The number of halogens is 1. The van der Waals surface area contributed by atoms with Crippen LogP contribution in [-0.4, -0.2) is 32.0 Å². The molecule has 0 saturated carbocycles. The lowest BCUT2D eigenvalue weighted by Gasteiger charge is -2.14. The highest BCUT2D eigenvalue weighted by atomic mass is 35.5. The van der Waals surface area contributed by atoms with Crippen LogP contribution >= 0.6 is 11.6 Å². The van der Waals surface area contributed by atoms with Crippen molar-refractivity contribution >= 4 is 23.3 Å². The molecule has 0 bridgehead atoms. The molecule has 7 heteroatoms. The molecule has 0 aliphatic carbocycles. The average Bonchev–Trinajstić information content (AvgIpc) is 2.89. The number of benzene rings is 1. The maximum atomic E-state index is 12.4. The Morgan fingerprint density at radius 1 is 1.23 bits per heavy atom. The van der Waals surface area contributed by atoms with Crippen molar-refractivity contribution in [2.75, 3.05) is 0 Å². The molecule has 1 amide bonds. The van der Waals surface area contributed by atoms with E-state index in [0.29, 0.717) is 16.7 Å². The van der Waals surface area contributed by atoms with E-state index in [0.717, 1.165) is 5.56 Å². The van der Waals surface area contributed by atoms with Crippen LogP contribution in [0.2, 0.25) is 5.02 Å². The highest BCUT2D eigenvalue weighted by Gasteiger charge is 2.49. The Kier molecular flexibility index (Phi) is 3.29. The second-order valence-corrected chi connectivity index (χ2v) is 6.27. The average molecular weight is 319 g/mol. The highest BCUT2D eigenvalue weighted by molar-refractivity contribution is 6.30. The number of carbonyl (C=O) groups excluding carboxylic acids is 2. The maximum absolute atomic E-state index is 12.4. The lowest BCUT2D eigenvalue weighted by Crippen LogP contribution is -2.39. The van der Waals surface area contributed by atoms with Crippen LogP contribution in [-0.2, 0) is 16.6 Å². The molecule has 1 aliphatic heterocycles. The van der Waals surface area contributed by atoms with Crippen molar-refractivity contribution in [2.45, 2.75) is 25.3 Å². The summed E-state index contributed by atoms with van der Waals surface area (Å²) in [6.45, 7) is 3.37. The van der Waals surface area contributed by atoms with Crippen molar-refractivity contribution in [2.24, 2.45) is 7.05 Å². The number of hydrogen-bond donors (Lipinski definition) is 1. The molecule has 1 atom stereocenters. The van der Waals surface area contributed by atoms with Gasteiger partial charge >= 0.3 is 0 Å². The normalized spacial score (nSPS) is 20.3. The minimum Gasteiger partial charge on any atom is -0.343 e. The van der Waals surface area contributed by atoms with Crippen molar-refractivity contribution in [3.05, 3.63) is 35.1 Å². The molecular formula is C15H15ClN4O2. The Labute approximate surface area is 132 Å². The Balaban J connectivity index is 2.02. The number of nitrogens with one attached hydrogen (secondary N) is 1. The van der Waals surface area contributed by atoms with Gasteiger partial charge in [-0.25, -0.2) is 4.98 Å². The lowest BCUT2D eigenvalue weighted by molar-refractivity contribution is -0.125. The van der Waals surface area contributed by atoms with Crippen LogP contribution < -0.4 is 5.32 Å². The van der Waals surface area contributed by atoms with E-state index in [1.54, 1.807) is 45.2 Å². The van der Waals surface area contributed by atoms with Crippen LogP contribution in [0.1, 0.15) is 25.6 Å². The first-order chi connectivity index (χ1) is 10.3. The Hall–Kier alpha value is -2.21. The van der Waals surface area contributed by atoms with E-state index >= 15 is 0 Å². The van der Waals surface area contributed by atoms with E-state index in [-0.39, 0.29) is 11.7 Å². The van der Waals surface area contributed by atoms with Crippen LogP contribution in [0.5, 0.6) is 0 Å². The van der Waals surface area contributed by atoms with Gasteiger partial charge in [0.1, 0.15) is 5.82 Å². The Morgan fingerprint density at radius 2 is 1.86 bits per heavy atom. The predicted molar refractivity (Wildman–Crippen MR) is 81.4 cm³/mol. The van der Waals surface area contributed by atoms with Crippen LogP contribution in [0.4, 0.5) is 0 Å². The van der Waals surface area contributed by atoms with Gasteiger partial charge in [-0.05, 0) is 38.1 Å². The number of hydrogen-bond acceptors (Lipinski definition) is 4. The molecule has 1 aromatic carbocycles. The first-order valence-corrected chi connectivity index (χ1v) is 7.20. The van der Waals surface area contributed by atoms with Crippen molar-refractivity contribution in [1.82, 2.24) is 20.1 Å². The number of nitrogens with zero attached hydrogens (tertiary/aromatic N) is 3. The third-order valence-corrected chi connectivity index (χ3v) is 3.99. The van der Waals surface area contributed by atoms with E-state index in [1.165, 1.54) is 4.68 Å². The van der Waals surface area contributed by atoms with Gasteiger partial charge in [-0.2, -0.15) is 5.10 Å². The number of aromatic nitrogens is 3. The lowest BCUT2D eigenvalue weighted by atomic mass is 9.94. The van der Waals surface area contributed by atoms with Crippen LogP contribution in [0, 0.1) is 0 Å². The Morgan fingerprint density at radius 3 is 2.41 bits per heavy atom. The summed E-state index contributed by atoms with van der Waals surface area (Å²) in [7, 11) is 1.67. The van der Waals surface area contributed by atoms with Crippen molar-refractivity contribution in [3.8, 4) is 11.4 Å². The number of Topliss-reactive ketones (excluding diaryl/α,β-unsaturated/α-hetero) is 1. The quantitative estimate of drug-likeness (QED) is 0.855. The third kappa shape index (κ3) is 2.29. The smallest absolute Gasteiger partial charge is 0.239 e. The second-order valence-electron chi connectivity index (χ2n) is 5.84. The van der Waals surface area contributed by atoms with Crippen LogP contribution in [0.15, 0.2) is 24.3 Å². The standard InChI is InChI=1S/C15H15ClN4O2/c1-15(2)11(21)10(14(22)18-15)13-17-12(19-20(13)3)8-4-6-9(16)7-5-8/h4-7,10H,1-3H3,(H,18,22). The third-order valence-electron chi connectivity index (χ3n) is 3.73. The number of ketones is 1. The van der Waals surface area contributed by atoms with Gasteiger partial charge in [0.05, 0.1) is 5.54 Å². The molecule has 1 aromatic heterocycles. The van der Waals surface area contributed by atoms with Crippen LogP contribution in [0.25, 0.3) is 11.4 Å². The molecule has 114 valence electrons. The van der Waals surface area contributed by atoms with Crippen molar-refractivity contribution in [3.63, 3.8) is 0 Å². The number of amides is 1. The fourth-order valence-electron chi connectivity index (χ4n) is 2.53. The van der Waals surface area contributed by atoms with Crippen molar-refractivity contribution in [1.29, 1.82) is 0 Å². The molecule has 6 nitrogen and oxygen atoms in total. The van der Waals surface area contributed by atoms with Gasteiger partial charge in [-0.15, -0.1) is 0 Å². The monoisotopic (exact) mass is 318 g/mol. The Bertz CT molecular complexity index is 764. The molecule has 2 heterocycles. The van der Waals surface area contributed by atoms with Gasteiger partial charge in [0, 0.05) is 17.6 Å². The van der Waals surface area contributed by atoms with E-state index in [1.807, 2.05) is 0 Å². The summed E-state index contributed by atoms with van der Waals surface area (Å²) in [4.78, 5) is 28.9. The van der Waals surface area contributed by atoms with Crippen molar-refractivity contribution < 1.29 is 9.59 Å². The predicted octanol–water partition coefficient (Wildman–Crippen LogP) is 1.70. The van der Waals surface area contributed by atoms with Gasteiger partial charge < -0.3 is 5.32 Å². The second kappa shape index (κ2) is 4.91. The molecule has 1 aliphatic rings. The minimum atomic E-state index is -0.923. The molecule has 3 rings (SSSR count). The summed E-state index contributed by atoms with van der Waals surface area (Å²) in [5, 5.41) is 7.61. The first-order valence-electron chi connectivity index (χ1n) is 6.83. The summed E-state index contributed by atoms with van der Waals surface area (Å²) >= 11 is 5.87. The number of rotatable bonds is 2. The molecule has 0 radical (unpaired) electrons. The zero-order valence-electron chi connectivity index (χ0n) is 12.4. The molecule has 22 heavy (non-hydrogen) atoms. The summed E-state index contributed by atoms with van der Waals surface area (Å²) in [5.74, 6) is -0.658. The molecule has 1 fully saturated rings.